The molecule has 4 rings (SSSR count). The van der Waals surface area contributed by atoms with Crippen molar-refractivity contribution in [2.45, 2.75) is 18.9 Å². The van der Waals surface area contributed by atoms with Gasteiger partial charge in [0, 0.05) is 51.7 Å². The number of nitrogens with one attached hydrogen (secondary N) is 3. The first-order valence-corrected chi connectivity index (χ1v) is 11.5. The minimum Gasteiger partial charge on any atom is -0.381 e. The van der Waals surface area contributed by atoms with Crippen molar-refractivity contribution in [3.05, 3.63) is 34.4 Å². The summed E-state index contributed by atoms with van der Waals surface area (Å²) >= 11 is 12.9. The van der Waals surface area contributed by atoms with Crippen molar-refractivity contribution in [2.24, 2.45) is 11.8 Å². The second-order valence-electron chi connectivity index (χ2n) is 8.04. The third kappa shape index (κ3) is 5.50. The third-order valence-electron chi connectivity index (χ3n) is 5.92. The van der Waals surface area contributed by atoms with Crippen LogP contribution in [0.1, 0.15) is 12.8 Å². The van der Waals surface area contributed by atoms with Gasteiger partial charge in [-0.15, -0.1) is 0 Å². The zero-order valence-electron chi connectivity index (χ0n) is 17.9. The number of carbonyl (C=O) groups is 1. The number of carbonyl (C=O) groups excluding carboxylic acids is 1. The zero-order valence-corrected chi connectivity index (χ0v) is 19.4. The van der Waals surface area contributed by atoms with E-state index in [9.17, 15) is 4.79 Å². The molecule has 3 N–H and O–H groups in total. The van der Waals surface area contributed by atoms with Gasteiger partial charge in [-0.3, -0.25) is 4.79 Å². The van der Waals surface area contributed by atoms with Crippen LogP contribution in [0, 0.1) is 11.8 Å². The quantitative estimate of drug-likeness (QED) is 0.559. The third-order valence-corrected chi connectivity index (χ3v) is 6.52. The van der Waals surface area contributed by atoms with Crippen molar-refractivity contribution in [3.8, 4) is 11.3 Å². The molecule has 2 aliphatic rings. The lowest BCUT2D eigenvalue weighted by Gasteiger charge is -2.22. The maximum Gasteiger partial charge on any atom is 0.232 e. The first-order valence-electron chi connectivity index (χ1n) is 10.7. The van der Waals surface area contributed by atoms with Gasteiger partial charge in [-0.25, -0.2) is 9.97 Å². The minimum absolute atomic E-state index is 0.159. The molecule has 0 bridgehead atoms. The van der Waals surface area contributed by atoms with Gasteiger partial charge in [0.1, 0.15) is 11.6 Å². The average Bonchev–Trinajstić information content (AvgIpc) is 3.30. The van der Waals surface area contributed by atoms with Crippen molar-refractivity contribution in [1.82, 2.24) is 15.3 Å². The molecule has 2 saturated heterocycles. The van der Waals surface area contributed by atoms with Crippen LogP contribution in [0.3, 0.4) is 0 Å². The fraction of sp³-hybridized carbons (Fsp3) is 0.500. The van der Waals surface area contributed by atoms with Crippen LogP contribution in [-0.4, -0.2) is 61.9 Å². The Morgan fingerprint density at radius 2 is 2.03 bits per heavy atom. The normalized spacial score (nSPS) is 21.5. The van der Waals surface area contributed by atoms with Crippen molar-refractivity contribution in [3.63, 3.8) is 0 Å². The molecule has 0 aromatic carbocycles. The van der Waals surface area contributed by atoms with E-state index in [1.165, 1.54) is 6.20 Å². The van der Waals surface area contributed by atoms with E-state index in [2.05, 4.69) is 25.9 Å². The van der Waals surface area contributed by atoms with Gasteiger partial charge in [0.05, 0.1) is 27.8 Å². The maximum atomic E-state index is 12.7. The summed E-state index contributed by atoms with van der Waals surface area (Å²) < 4.78 is 10.8. The maximum absolute atomic E-state index is 12.7. The molecule has 2 fully saturated rings. The average molecular weight is 480 g/mol. The number of nitrogens with zero attached hydrogens (tertiary/aromatic N) is 2. The predicted octanol–water partition coefficient (Wildman–Crippen LogP) is 3.46. The van der Waals surface area contributed by atoms with Crippen LogP contribution in [0.2, 0.25) is 10.0 Å². The van der Waals surface area contributed by atoms with Crippen molar-refractivity contribution < 1.29 is 14.3 Å². The summed E-state index contributed by atoms with van der Waals surface area (Å²) in [4.78, 5) is 21.6. The molecular weight excluding hydrogens is 453 g/mol. The molecule has 4 heterocycles. The smallest absolute Gasteiger partial charge is 0.232 e. The van der Waals surface area contributed by atoms with Crippen LogP contribution < -0.4 is 16.0 Å². The van der Waals surface area contributed by atoms with E-state index >= 15 is 0 Å². The molecule has 1 amide bonds. The molecule has 0 spiro atoms. The topological polar surface area (TPSA) is 97.4 Å². The summed E-state index contributed by atoms with van der Waals surface area (Å²) in [5.41, 5.74) is 1.13. The standard InChI is InChI=1S/C22H27Cl2N5O3/c1-31-18-12-25-10-15(18)22(30)29-20-8-14(17(24)11-27-20)21-16(23)2-3-19(28-21)26-9-13-4-6-32-7-5-13/h2-3,8,11,13,15,18,25H,4-7,9-10,12H2,1H3,(H,26,28)(H,27,29,30)/t15-,18-/m0/s1. The first kappa shape index (κ1) is 23.2. The van der Waals surface area contributed by atoms with E-state index in [1.807, 2.05) is 6.07 Å². The Hall–Kier alpha value is -1.97. The number of hydrogen-bond donors (Lipinski definition) is 3. The number of aromatic nitrogens is 2. The van der Waals surface area contributed by atoms with Gasteiger partial charge in [0.25, 0.3) is 0 Å². The first-order chi connectivity index (χ1) is 15.5. The molecular formula is C22H27Cl2N5O3. The number of amides is 1. The van der Waals surface area contributed by atoms with Crippen LogP contribution in [0.5, 0.6) is 0 Å². The van der Waals surface area contributed by atoms with Crippen LogP contribution >= 0.6 is 23.2 Å². The molecule has 2 aromatic rings. The molecule has 0 saturated carbocycles. The number of anilines is 2. The lowest BCUT2D eigenvalue weighted by atomic mass is 10.0. The highest BCUT2D eigenvalue weighted by molar-refractivity contribution is 6.36. The summed E-state index contributed by atoms with van der Waals surface area (Å²) in [5.74, 6) is 1.20. The number of hydrogen-bond acceptors (Lipinski definition) is 7. The highest BCUT2D eigenvalue weighted by atomic mass is 35.5. The van der Waals surface area contributed by atoms with Crippen molar-refractivity contribution in [2.75, 3.05) is 50.6 Å². The van der Waals surface area contributed by atoms with Crippen molar-refractivity contribution in [1.29, 1.82) is 0 Å². The van der Waals surface area contributed by atoms with Gasteiger partial charge in [-0.1, -0.05) is 23.2 Å². The molecule has 0 unspecified atom stereocenters. The summed E-state index contributed by atoms with van der Waals surface area (Å²) in [6.07, 6.45) is 3.39. The monoisotopic (exact) mass is 479 g/mol. The predicted molar refractivity (Wildman–Crippen MR) is 125 cm³/mol. The van der Waals surface area contributed by atoms with Crippen molar-refractivity contribution >= 4 is 40.7 Å². The molecule has 0 radical (unpaired) electrons. The van der Waals surface area contributed by atoms with Crippen LogP contribution in [0.25, 0.3) is 11.3 Å². The molecule has 2 aromatic heterocycles. The largest absolute Gasteiger partial charge is 0.381 e. The van der Waals surface area contributed by atoms with Gasteiger partial charge in [-0.05, 0) is 37.0 Å². The fourth-order valence-electron chi connectivity index (χ4n) is 4.00. The zero-order chi connectivity index (χ0) is 22.5. The summed E-state index contributed by atoms with van der Waals surface area (Å²) in [7, 11) is 1.60. The van der Waals surface area contributed by atoms with E-state index in [-0.39, 0.29) is 17.9 Å². The summed E-state index contributed by atoms with van der Waals surface area (Å²) in [6, 6.07) is 5.33. The van der Waals surface area contributed by atoms with Gasteiger partial charge in [-0.2, -0.15) is 0 Å². The highest BCUT2D eigenvalue weighted by Crippen LogP contribution is 2.34. The SMILES string of the molecule is CO[C@H]1CNC[C@@H]1C(=O)Nc1cc(-c2nc(NCC3CCOCC3)ccc2Cl)c(Cl)cn1. The molecule has 2 aliphatic heterocycles. The Labute approximate surface area is 197 Å². The Bertz CT molecular complexity index is 955. The molecule has 32 heavy (non-hydrogen) atoms. The fourth-order valence-corrected chi connectivity index (χ4v) is 4.40. The van der Waals surface area contributed by atoms with Crippen LogP contribution in [0.4, 0.5) is 11.6 Å². The van der Waals surface area contributed by atoms with Gasteiger partial charge < -0.3 is 25.4 Å². The van der Waals surface area contributed by atoms with Crippen LogP contribution in [-0.2, 0) is 14.3 Å². The van der Waals surface area contributed by atoms with Gasteiger partial charge >= 0.3 is 0 Å². The second-order valence-corrected chi connectivity index (χ2v) is 8.86. The molecule has 0 aliphatic carbocycles. The Kier molecular flexibility index (Phi) is 7.80. The van der Waals surface area contributed by atoms with Gasteiger partial charge in [0.15, 0.2) is 0 Å². The Balaban J connectivity index is 1.50. The van der Waals surface area contributed by atoms with E-state index in [0.717, 1.165) is 32.6 Å². The van der Waals surface area contributed by atoms with Crippen LogP contribution in [0.15, 0.2) is 24.4 Å². The summed E-state index contributed by atoms with van der Waals surface area (Å²) in [5, 5.41) is 10.3. The van der Waals surface area contributed by atoms with E-state index < -0.39 is 0 Å². The minimum atomic E-state index is -0.291. The lowest BCUT2D eigenvalue weighted by molar-refractivity contribution is -0.122. The Morgan fingerprint density at radius 1 is 1.22 bits per heavy atom. The lowest BCUT2D eigenvalue weighted by Crippen LogP contribution is -2.33. The molecule has 2 atom stereocenters. The second kappa shape index (κ2) is 10.8. The van der Waals surface area contributed by atoms with E-state index in [0.29, 0.717) is 51.9 Å². The number of halogens is 2. The molecule has 172 valence electrons. The Morgan fingerprint density at radius 3 is 2.81 bits per heavy atom. The number of methoxy groups -OCH3 is 1. The number of pyridine rings is 2. The highest BCUT2D eigenvalue weighted by Gasteiger charge is 2.33. The number of rotatable bonds is 7. The van der Waals surface area contributed by atoms with Gasteiger partial charge in [0.2, 0.25) is 5.91 Å². The summed E-state index contributed by atoms with van der Waals surface area (Å²) in [6.45, 7) is 3.61. The molecule has 8 nitrogen and oxygen atoms in total. The molecule has 10 heteroatoms. The number of ether oxygens (including phenoxy) is 2. The van der Waals surface area contributed by atoms with E-state index in [4.69, 9.17) is 32.7 Å². The van der Waals surface area contributed by atoms with E-state index in [1.54, 1.807) is 19.2 Å².